The fourth-order valence-electron chi connectivity index (χ4n) is 5.51. The molecule has 1 atom stereocenters. The molecule has 1 aromatic heterocycles. The smallest absolute Gasteiger partial charge is 0.0686 e. The van der Waals surface area contributed by atoms with Gasteiger partial charge in [-0.1, -0.05) is 0 Å². The summed E-state index contributed by atoms with van der Waals surface area (Å²) in [7, 11) is 0. The van der Waals surface area contributed by atoms with E-state index < -0.39 is 0 Å². The average molecular weight is 259 g/mol. The minimum atomic E-state index is 0.213. The van der Waals surface area contributed by atoms with Gasteiger partial charge in [0.2, 0.25) is 0 Å². The predicted octanol–water partition coefficient (Wildman–Crippen LogP) is 2.77. The minimum absolute atomic E-state index is 0.213. The van der Waals surface area contributed by atoms with Gasteiger partial charge in [0.25, 0.3) is 0 Å². The van der Waals surface area contributed by atoms with E-state index in [4.69, 9.17) is 5.73 Å². The summed E-state index contributed by atoms with van der Waals surface area (Å²) in [6, 6.07) is 2.53. The fraction of sp³-hybridized carbons (Fsp3) is 0.812. The highest BCUT2D eigenvalue weighted by Crippen LogP contribution is 2.60. The van der Waals surface area contributed by atoms with Crippen molar-refractivity contribution in [1.29, 1.82) is 0 Å². The number of nitrogens with two attached hydrogens (primary N) is 1. The second kappa shape index (κ2) is 4.08. The molecular formula is C16H25N3. The Hall–Kier alpha value is -0.830. The van der Waals surface area contributed by atoms with Gasteiger partial charge in [-0.2, -0.15) is 5.10 Å². The molecule has 3 N–H and O–H groups in total. The van der Waals surface area contributed by atoms with E-state index in [0.717, 1.165) is 24.2 Å². The molecule has 0 radical (unpaired) electrons. The summed E-state index contributed by atoms with van der Waals surface area (Å²) in [5, 5.41) is 7.91. The zero-order chi connectivity index (χ0) is 13.0. The topological polar surface area (TPSA) is 54.7 Å². The first kappa shape index (κ1) is 12.0. The van der Waals surface area contributed by atoms with Crippen molar-refractivity contribution >= 4 is 0 Å². The van der Waals surface area contributed by atoms with Gasteiger partial charge in [-0.25, -0.2) is 0 Å². The van der Waals surface area contributed by atoms with Crippen molar-refractivity contribution < 1.29 is 0 Å². The molecule has 104 valence electrons. The highest BCUT2D eigenvalue weighted by atomic mass is 15.1. The molecule has 4 bridgehead atoms. The van der Waals surface area contributed by atoms with E-state index in [-0.39, 0.29) is 6.04 Å². The second-order valence-corrected chi connectivity index (χ2v) is 7.66. The van der Waals surface area contributed by atoms with Gasteiger partial charge in [-0.05, 0) is 69.3 Å². The summed E-state index contributed by atoms with van der Waals surface area (Å²) in [6.07, 6.45) is 9.58. The molecule has 0 aromatic carbocycles. The maximum Gasteiger partial charge on any atom is 0.0686 e. The molecule has 1 unspecified atom stereocenters. The molecule has 4 aliphatic carbocycles. The number of hydrogen-bond acceptors (Lipinski definition) is 2. The Labute approximate surface area is 115 Å². The maximum atomic E-state index is 5.89. The molecule has 1 aromatic rings. The normalized spacial score (nSPS) is 41.7. The first-order valence-corrected chi connectivity index (χ1v) is 7.93. The maximum absolute atomic E-state index is 5.89. The molecule has 0 spiro atoms. The number of rotatable bonds is 3. The number of H-pyrrole nitrogens is 1. The van der Waals surface area contributed by atoms with Crippen molar-refractivity contribution in [3.8, 4) is 0 Å². The van der Waals surface area contributed by atoms with Crippen LogP contribution in [-0.4, -0.2) is 16.2 Å². The summed E-state index contributed by atoms with van der Waals surface area (Å²) >= 11 is 0. The zero-order valence-corrected chi connectivity index (χ0v) is 11.9. The van der Waals surface area contributed by atoms with Crippen LogP contribution in [0.4, 0.5) is 0 Å². The van der Waals surface area contributed by atoms with E-state index in [9.17, 15) is 0 Å². The van der Waals surface area contributed by atoms with Gasteiger partial charge in [0.15, 0.2) is 0 Å². The van der Waals surface area contributed by atoms with Crippen LogP contribution in [-0.2, 0) is 11.8 Å². The standard InChI is InChI=1S/C16H25N3/c1-10(17)2-14-6-15(19-18-14)16-7-11-3-12(8-16)5-13(4-11)9-16/h6,10-13H,2-5,7-9,17H2,1H3,(H,18,19). The number of aromatic amines is 1. The third kappa shape index (κ3) is 1.94. The van der Waals surface area contributed by atoms with Gasteiger partial charge in [0, 0.05) is 23.6 Å². The van der Waals surface area contributed by atoms with E-state index in [0.29, 0.717) is 5.41 Å². The summed E-state index contributed by atoms with van der Waals surface area (Å²) in [6.45, 7) is 2.06. The van der Waals surface area contributed by atoms with Gasteiger partial charge >= 0.3 is 0 Å². The minimum Gasteiger partial charge on any atom is -0.328 e. The van der Waals surface area contributed by atoms with Crippen LogP contribution >= 0.6 is 0 Å². The van der Waals surface area contributed by atoms with Crippen LogP contribution in [0.5, 0.6) is 0 Å². The third-order valence-electron chi connectivity index (χ3n) is 5.75. The third-order valence-corrected chi connectivity index (χ3v) is 5.75. The molecule has 0 saturated heterocycles. The quantitative estimate of drug-likeness (QED) is 0.877. The monoisotopic (exact) mass is 259 g/mol. The molecule has 19 heavy (non-hydrogen) atoms. The van der Waals surface area contributed by atoms with Crippen molar-refractivity contribution in [2.75, 3.05) is 0 Å². The van der Waals surface area contributed by atoms with E-state index >= 15 is 0 Å². The Balaban J connectivity index is 1.62. The summed E-state index contributed by atoms with van der Waals surface area (Å²) < 4.78 is 0. The molecule has 0 aliphatic heterocycles. The van der Waals surface area contributed by atoms with Crippen LogP contribution in [0.1, 0.15) is 56.8 Å². The van der Waals surface area contributed by atoms with Crippen LogP contribution in [0, 0.1) is 17.8 Å². The average Bonchev–Trinajstić information content (AvgIpc) is 2.75. The summed E-state index contributed by atoms with van der Waals surface area (Å²) in [5.74, 6) is 2.96. The van der Waals surface area contributed by atoms with Crippen LogP contribution < -0.4 is 5.73 Å². The molecule has 4 fully saturated rings. The van der Waals surface area contributed by atoms with Crippen molar-refractivity contribution in [3.05, 3.63) is 17.5 Å². The highest BCUT2D eigenvalue weighted by Gasteiger charge is 2.52. The molecule has 5 rings (SSSR count). The lowest BCUT2D eigenvalue weighted by atomic mass is 9.49. The van der Waals surface area contributed by atoms with Gasteiger partial charge in [-0.3, -0.25) is 5.10 Å². The Kier molecular flexibility index (Phi) is 2.57. The Bertz CT molecular complexity index is 439. The number of aromatic nitrogens is 2. The van der Waals surface area contributed by atoms with E-state index in [1.54, 1.807) is 0 Å². The highest BCUT2D eigenvalue weighted by molar-refractivity contribution is 5.24. The second-order valence-electron chi connectivity index (χ2n) is 7.66. The number of hydrogen-bond donors (Lipinski definition) is 2. The SMILES string of the molecule is CC(N)Cc1cc(C23CC4CC(CC(C4)C2)C3)n[nH]1. The van der Waals surface area contributed by atoms with Crippen LogP contribution in [0.3, 0.4) is 0 Å². The van der Waals surface area contributed by atoms with E-state index in [1.165, 1.54) is 49.9 Å². The van der Waals surface area contributed by atoms with Crippen molar-refractivity contribution in [1.82, 2.24) is 10.2 Å². The molecular weight excluding hydrogens is 234 g/mol. The first-order chi connectivity index (χ1) is 9.13. The van der Waals surface area contributed by atoms with E-state index in [2.05, 4.69) is 23.2 Å². The van der Waals surface area contributed by atoms with Gasteiger partial charge in [-0.15, -0.1) is 0 Å². The lowest BCUT2D eigenvalue weighted by Gasteiger charge is -2.56. The molecule has 3 nitrogen and oxygen atoms in total. The van der Waals surface area contributed by atoms with Gasteiger partial charge in [0.05, 0.1) is 5.69 Å². The van der Waals surface area contributed by atoms with Crippen molar-refractivity contribution in [3.63, 3.8) is 0 Å². The lowest BCUT2D eigenvalue weighted by Crippen LogP contribution is -2.48. The van der Waals surface area contributed by atoms with Crippen molar-refractivity contribution in [2.45, 2.75) is 63.3 Å². The first-order valence-electron chi connectivity index (χ1n) is 7.93. The number of nitrogens with zero attached hydrogens (tertiary/aromatic N) is 1. The Morgan fingerprint density at radius 1 is 1.26 bits per heavy atom. The summed E-state index contributed by atoms with van der Waals surface area (Å²) in [4.78, 5) is 0. The zero-order valence-electron chi connectivity index (χ0n) is 11.9. The lowest BCUT2D eigenvalue weighted by molar-refractivity contribution is -0.00722. The van der Waals surface area contributed by atoms with Gasteiger partial charge < -0.3 is 5.73 Å². The largest absolute Gasteiger partial charge is 0.328 e. The summed E-state index contributed by atoms with van der Waals surface area (Å²) in [5.41, 5.74) is 8.88. The van der Waals surface area contributed by atoms with Crippen LogP contribution in [0.15, 0.2) is 6.07 Å². The molecule has 4 saturated carbocycles. The van der Waals surface area contributed by atoms with Gasteiger partial charge in [0.1, 0.15) is 0 Å². The van der Waals surface area contributed by atoms with Crippen molar-refractivity contribution in [2.24, 2.45) is 23.5 Å². The molecule has 1 heterocycles. The fourth-order valence-corrected chi connectivity index (χ4v) is 5.51. The van der Waals surface area contributed by atoms with E-state index in [1.807, 2.05) is 0 Å². The molecule has 3 heteroatoms. The Morgan fingerprint density at radius 3 is 2.37 bits per heavy atom. The van der Waals surface area contributed by atoms with Crippen LogP contribution in [0.25, 0.3) is 0 Å². The molecule has 4 aliphatic rings. The predicted molar refractivity (Wildman–Crippen MR) is 75.8 cm³/mol. The number of nitrogens with one attached hydrogen (secondary N) is 1. The molecule has 0 amide bonds. The Morgan fingerprint density at radius 2 is 1.84 bits per heavy atom. The van der Waals surface area contributed by atoms with Crippen LogP contribution in [0.2, 0.25) is 0 Å².